The number of imidazole rings is 1. The number of nitrogens with zero attached hydrogens (tertiary/aromatic N) is 3. The summed E-state index contributed by atoms with van der Waals surface area (Å²) in [6.45, 7) is 3.68. The van der Waals surface area contributed by atoms with E-state index in [1.807, 2.05) is 17.7 Å². The van der Waals surface area contributed by atoms with Crippen LogP contribution in [-0.4, -0.2) is 21.5 Å². The number of aromatic nitrogens is 2. The van der Waals surface area contributed by atoms with Gasteiger partial charge in [-0.1, -0.05) is 0 Å². The fourth-order valence-corrected chi connectivity index (χ4v) is 2.06. The summed E-state index contributed by atoms with van der Waals surface area (Å²) < 4.78 is 7.75. The Morgan fingerprint density at radius 3 is 2.95 bits per heavy atom. The smallest absolute Gasteiger partial charge is 0.270 e. The largest absolute Gasteiger partial charge is 0.485 e. The van der Waals surface area contributed by atoms with Crippen LogP contribution in [0.15, 0.2) is 30.6 Å². The van der Waals surface area contributed by atoms with Crippen LogP contribution in [0.2, 0.25) is 0 Å². The molecule has 1 aromatic heterocycles. The van der Waals surface area contributed by atoms with Gasteiger partial charge >= 0.3 is 0 Å². The van der Waals surface area contributed by atoms with Gasteiger partial charge in [-0.15, -0.1) is 0 Å². The molecule has 1 heterocycles. The molecule has 2 aromatic rings. The van der Waals surface area contributed by atoms with Gasteiger partial charge in [0.1, 0.15) is 18.2 Å². The Balaban J connectivity index is 2.17. The topological polar surface area (TPSA) is 82.2 Å². The number of hydrogen-bond donors (Lipinski definition) is 1. The van der Waals surface area contributed by atoms with Gasteiger partial charge in [0.05, 0.1) is 4.92 Å². The molecule has 0 fully saturated rings. The van der Waals surface area contributed by atoms with Crippen LogP contribution in [0, 0.1) is 10.1 Å². The first-order chi connectivity index (χ1) is 10.2. The molecule has 0 atom stereocenters. The molecule has 21 heavy (non-hydrogen) atoms. The van der Waals surface area contributed by atoms with Crippen molar-refractivity contribution in [1.29, 1.82) is 0 Å². The van der Waals surface area contributed by atoms with Gasteiger partial charge in [-0.3, -0.25) is 10.1 Å². The minimum absolute atomic E-state index is 0.0580. The molecular weight excluding hydrogens is 272 g/mol. The van der Waals surface area contributed by atoms with Crippen molar-refractivity contribution in [2.24, 2.45) is 0 Å². The second-order valence-electron chi connectivity index (χ2n) is 4.50. The summed E-state index contributed by atoms with van der Waals surface area (Å²) in [5.74, 6) is 1.45. The van der Waals surface area contributed by atoms with Crippen LogP contribution in [0.1, 0.15) is 18.3 Å². The molecule has 0 aliphatic heterocycles. The quantitative estimate of drug-likeness (QED) is 0.624. The first-order valence-electron chi connectivity index (χ1n) is 6.70. The van der Waals surface area contributed by atoms with Crippen molar-refractivity contribution in [1.82, 2.24) is 14.9 Å². The summed E-state index contributed by atoms with van der Waals surface area (Å²) in [4.78, 5) is 14.7. The number of non-ortho nitro benzene ring substituents is 1. The molecule has 1 N–H and O–H groups in total. The normalized spacial score (nSPS) is 10.6. The van der Waals surface area contributed by atoms with Crippen LogP contribution in [0.3, 0.4) is 0 Å². The average Bonchev–Trinajstić information content (AvgIpc) is 2.93. The van der Waals surface area contributed by atoms with Crippen molar-refractivity contribution in [3.63, 3.8) is 0 Å². The number of nitro benzene ring substituents is 1. The molecule has 0 saturated carbocycles. The maximum Gasteiger partial charge on any atom is 0.270 e. The zero-order valence-corrected chi connectivity index (χ0v) is 12.1. The highest BCUT2D eigenvalue weighted by molar-refractivity contribution is 5.43. The number of benzene rings is 1. The molecule has 0 aliphatic carbocycles. The Hall–Kier alpha value is -2.41. The summed E-state index contributed by atoms with van der Waals surface area (Å²) in [6, 6.07) is 4.60. The van der Waals surface area contributed by atoms with Gasteiger partial charge in [-0.25, -0.2) is 4.98 Å². The molecule has 2 rings (SSSR count). The monoisotopic (exact) mass is 290 g/mol. The number of nitro groups is 1. The lowest BCUT2D eigenvalue weighted by Crippen LogP contribution is -2.10. The van der Waals surface area contributed by atoms with Crippen molar-refractivity contribution in [2.45, 2.75) is 26.6 Å². The Morgan fingerprint density at radius 1 is 1.48 bits per heavy atom. The van der Waals surface area contributed by atoms with Crippen molar-refractivity contribution < 1.29 is 9.66 Å². The summed E-state index contributed by atoms with van der Waals surface area (Å²) >= 11 is 0. The van der Waals surface area contributed by atoms with Gasteiger partial charge in [-0.05, 0) is 20.0 Å². The second-order valence-corrected chi connectivity index (χ2v) is 4.50. The first-order valence-corrected chi connectivity index (χ1v) is 6.70. The lowest BCUT2D eigenvalue weighted by molar-refractivity contribution is -0.384. The predicted molar refractivity (Wildman–Crippen MR) is 78.1 cm³/mol. The fraction of sp³-hybridized carbons (Fsp3) is 0.357. The third kappa shape index (κ3) is 3.57. The molecule has 0 aliphatic rings. The Bertz CT molecular complexity index is 624. The molecule has 1 aromatic carbocycles. The highest BCUT2D eigenvalue weighted by atomic mass is 16.6. The predicted octanol–water partition coefficient (Wildman–Crippen LogP) is 2.11. The molecule has 0 radical (unpaired) electrons. The maximum atomic E-state index is 10.8. The molecular formula is C14H18N4O3. The molecule has 112 valence electrons. The fourth-order valence-electron chi connectivity index (χ4n) is 2.06. The van der Waals surface area contributed by atoms with E-state index in [-0.39, 0.29) is 5.69 Å². The van der Waals surface area contributed by atoms with E-state index < -0.39 is 4.92 Å². The number of rotatable bonds is 7. The summed E-state index contributed by atoms with van der Waals surface area (Å²) in [5, 5.41) is 13.8. The van der Waals surface area contributed by atoms with Gasteiger partial charge in [0, 0.05) is 43.2 Å². The zero-order chi connectivity index (χ0) is 15.2. The van der Waals surface area contributed by atoms with Crippen molar-refractivity contribution in [3.8, 4) is 5.75 Å². The maximum absolute atomic E-state index is 10.8. The third-order valence-corrected chi connectivity index (χ3v) is 3.12. The van der Waals surface area contributed by atoms with Crippen LogP contribution in [-0.2, 0) is 19.7 Å². The number of hydrogen-bond acceptors (Lipinski definition) is 5. The molecule has 7 heteroatoms. The van der Waals surface area contributed by atoms with E-state index in [1.54, 1.807) is 19.3 Å². The Labute approximate surface area is 122 Å². The van der Waals surface area contributed by atoms with Crippen LogP contribution >= 0.6 is 0 Å². The summed E-state index contributed by atoms with van der Waals surface area (Å²) in [6.07, 6.45) is 3.62. The molecule has 0 amide bonds. The van der Waals surface area contributed by atoms with Crippen LogP contribution in [0.4, 0.5) is 5.69 Å². The van der Waals surface area contributed by atoms with E-state index in [1.165, 1.54) is 12.1 Å². The third-order valence-electron chi connectivity index (χ3n) is 3.12. The van der Waals surface area contributed by atoms with Gasteiger partial charge in [-0.2, -0.15) is 0 Å². The molecule has 7 nitrogen and oxygen atoms in total. The summed E-state index contributed by atoms with van der Waals surface area (Å²) in [5.41, 5.74) is 0.809. The number of nitrogens with one attached hydrogen (secondary N) is 1. The second kappa shape index (κ2) is 6.85. The van der Waals surface area contributed by atoms with Crippen molar-refractivity contribution in [3.05, 3.63) is 52.1 Å². The molecule has 0 saturated heterocycles. The zero-order valence-electron chi connectivity index (χ0n) is 12.1. The van der Waals surface area contributed by atoms with E-state index >= 15 is 0 Å². The van der Waals surface area contributed by atoms with E-state index in [2.05, 4.69) is 10.3 Å². The molecule has 0 unspecified atom stereocenters. The Morgan fingerprint density at radius 2 is 2.29 bits per heavy atom. The van der Waals surface area contributed by atoms with Gasteiger partial charge in [0.2, 0.25) is 0 Å². The van der Waals surface area contributed by atoms with E-state index in [4.69, 9.17) is 4.74 Å². The van der Waals surface area contributed by atoms with Gasteiger partial charge in [0.15, 0.2) is 0 Å². The standard InChI is InChI=1S/C14H18N4O3/c1-3-17-7-6-16-14(17)10-21-13-5-4-12(18(19)20)8-11(13)9-15-2/h4-8,15H,3,9-10H2,1-2H3. The lowest BCUT2D eigenvalue weighted by atomic mass is 10.2. The lowest BCUT2D eigenvalue weighted by Gasteiger charge is -2.11. The first kappa shape index (κ1) is 15.0. The van der Waals surface area contributed by atoms with Crippen molar-refractivity contribution >= 4 is 5.69 Å². The van der Waals surface area contributed by atoms with Gasteiger partial charge < -0.3 is 14.6 Å². The summed E-state index contributed by atoms with van der Waals surface area (Å²) in [7, 11) is 1.78. The van der Waals surface area contributed by atoms with E-state index in [9.17, 15) is 10.1 Å². The highest BCUT2D eigenvalue weighted by Crippen LogP contribution is 2.24. The minimum atomic E-state index is -0.410. The van der Waals surface area contributed by atoms with E-state index in [0.717, 1.165) is 17.9 Å². The highest BCUT2D eigenvalue weighted by Gasteiger charge is 2.12. The van der Waals surface area contributed by atoms with Crippen LogP contribution in [0.25, 0.3) is 0 Å². The Kier molecular flexibility index (Phi) is 4.89. The molecule has 0 spiro atoms. The van der Waals surface area contributed by atoms with Crippen LogP contribution < -0.4 is 10.1 Å². The average molecular weight is 290 g/mol. The van der Waals surface area contributed by atoms with E-state index in [0.29, 0.717) is 18.9 Å². The van der Waals surface area contributed by atoms with Gasteiger partial charge in [0.25, 0.3) is 5.69 Å². The minimum Gasteiger partial charge on any atom is -0.485 e. The number of aryl methyl sites for hydroxylation is 1. The SMILES string of the molecule is CCn1ccnc1COc1ccc([N+](=O)[O-])cc1CNC. The molecule has 0 bridgehead atoms. The number of ether oxygens (including phenoxy) is 1. The van der Waals surface area contributed by atoms with Crippen LogP contribution in [0.5, 0.6) is 5.75 Å². The van der Waals surface area contributed by atoms with Crippen molar-refractivity contribution in [2.75, 3.05) is 7.05 Å².